The molecule has 1 atom stereocenters. The minimum Gasteiger partial charge on any atom is -0.341 e. The van der Waals surface area contributed by atoms with Gasteiger partial charge in [0.2, 0.25) is 5.91 Å². The van der Waals surface area contributed by atoms with E-state index in [4.69, 9.17) is 0 Å². The Bertz CT molecular complexity index is 537. The Balaban J connectivity index is 1.53. The molecular weight excluding hydrogens is 276 g/mol. The minimum atomic E-state index is 0.217. The summed E-state index contributed by atoms with van der Waals surface area (Å²) in [6.07, 6.45) is 12.4. The Hall–Kier alpha value is -1.62. The van der Waals surface area contributed by atoms with Crippen LogP contribution in [-0.2, 0) is 18.4 Å². The topological polar surface area (TPSA) is 41.4 Å². The second kappa shape index (κ2) is 7.09. The summed E-state index contributed by atoms with van der Waals surface area (Å²) in [5, 5.41) is 4.23. The molecule has 120 valence electrons. The van der Waals surface area contributed by atoms with Crippen LogP contribution in [0.15, 0.2) is 24.5 Å². The van der Waals surface area contributed by atoms with Gasteiger partial charge >= 0.3 is 0 Å². The fraction of sp³-hybridized carbons (Fsp3) is 0.647. The lowest BCUT2D eigenvalue weighted by Gasteiger charge is -2.27. The third-order valence-electron chi connectivity index (χ3n) is 4.68. The molecule has 3 rings (SSSR count). The summed E-state index contributed by atoms with van der Waals surface area (Å²) in [5.41, 5.74) is 1.25. The maximum absolute atomic E-state index is 12.6. The lowest BCUT2D eigenvalue weighted by atomic mass is 9.93. The van der Waals surface area contributed by atoms with Crippen molar-refractivity contribution in [1.29, 1.82) is 0 Å². The molecule has 0 N–H and O–H groups in total. The first-order valence-corrected chi connectivity index (χ1v) is 8.36. The van der Waals surface area contributed by atoms with Gasteiger partial charge in [-0.15, -0.1) is 0 Å². The van der Waals surface area contributed by atoms with Crippen molar-refractivity contribution in [3.8, 4) is 0 Å². The van der Waals surface area contributed by atoms with Crippen LogP contribution in [0.1, 0.15) is 31.2 Å². The summed E-state index contributed by atoms with van der Waals surface area (Å²) < 4.78 is 1.85. The van der Waals surface area contributed by atoms with Crippen LogP contribution in [0.5, 0.6) is 0 Å². The number of allylic oxidation sites excluding steroid dienone is 2. The van der Waals surface area contributed by atoms with Gasteiger partial charge in [-0.05, 0) is 25.7 Å². The van der Waals surface area contributed by atoms with Crippen LogP contribution in [0.4, 0.5) is 0 Å². The highest BCUT2D eigenvalue weighted by Gasteiger charge is 2.26. The largest absolute Gasteiger partial charge is 0.341 e. The summed E-state index contributed by atoms with van der Waals surface area (Å²) in [6.45, 7) is 4.72. The van der Waals surface area contributed by atoms with Crippen LogP contribution in [0.3, 0.4) is 0 Å². The molecule has 0 spiro atoms. The van der Waals surface area contributed by atoms with Crippen molar-refractivity contribution in [2.24, 2.45) is 13.0 Å². The van der Waals surface area contributed by atoms with Crippen LogP contribution in [0.2, 0.25) is 0 Å². The summed E-state index contributed by atoms with van der Waals surface area (Å²) >= 11 is 0. The molecule has 22 heavy (non-hydrogen) atoms. The molecule has 0 radical (unpaired) electrons. The third-order valence-corrected chi connectivity index (χ3v) is 4.68. The average molecular weight is 302 g/mol. The number of nitrogens with zero attached hydrogens (tertiary/aromatic N) is 4. The lowest BCUT2D eigenvalue weighted by molar-refractivity contribution is -0.135. The maximum Gasteiger partial charge on any atom is 0.226 e. The second-order valence-electron chi connectivity index (χ2n) is 6.46. The SMILES string of the molecule is Cn1cc(CN2CCCN(C(=O)[C@H]3CC=CCC3)CC2)cn1. The van der Waals surface area contributed by atoms with Crippen LogP contribution in [-0.4, -0.2) is 51.7 Å². The molecule has 0 unspecified atom stereocenters. The van der Waals surface area contributed by atoms with Crippen molar-refractivity contribution in [2.45, 2.75) is 32.2 Å². The molecule has 2 aliphatic rings. The Morgan fingerprint density at radius 3 is 2.91 bits per heavy atom. The van der Waals surface area contributed by atoms with E-state index in [1.807, 2.05) is 17.9 Å². The van der Waals surface area contributed by atoms with E-state index in [2.05, 4.69) is 33.2 Å². The van der Waals surface area contributed by atoms with Crippen LogP contribution >= 0.6 is 0 Å². The van der Waals surface area contributed by atoms with E-state index in [0.717, 1.165) is 58.4 Å². The van der Waals surface area contributed by atoms with Crippen LogP contribution in [0, 0.1) is 5.92 Å². The van der Waals surface area contributed by atoms with Crippen LogP contribution in [0.25, 0.3) is 0 Å². The molecule has 1 aliphatic carbocycles. The van der Waals surface area contributed by atoms with E-state index in [1.54, 1.807) is 0 Å². The smallest absolute Gasteiger partial charge is 0.226 e. The van der Waals surface area contributed by atoms with E-state index < -0.39 is 0 Å². The van der Waals surface area contributed by atoms with Crippen molar-refractivity contribution < 1.29 is 4.79 Å². The zero-order valence-electron chi connectivity index (χ0n) is 13.4. The molecular formula is C17H26N4O. The molecule has 1 fully saturated rings. The first-order valence-electron chi connectivity index (χ1n) is 8.36. The minimum absolute atomic E-state index is 0.217. The number of hydrogen-bond donors (Lipinski definition) is 0. The number of amides is 1. The number of aryl methyl sites for hydroxylation is 1. The van der Waals surface area contributed by atoms with Gasteiger partial charge in [-0.2, -0.15) is 5.10 Å². The van der Waals surface area contributed by atoms with Gasteiger partial charge in [0.05, 0.1) is 6.20 Å². The van der Waals surface area contributed by atoms with E-state index in [-0.39, 0.29) is 5.92 Å². The van der Waals surface area contributed by atoms with Gasteiger partial charge in [0, 0.05) is 57.4 Å². The number of rotatable bonds is 3. The summed E-state index contributed by atoms with van der Waals surface area (Å²) in [4.78, 5) is 17.2. The third kappa shape index (κ3) is 3.77. The van der Waals surface area contributed by atoms with E-state index in [0.29, 0.717) is 5.91 Å². The summed E-state index contributed by atoms with van der Waals surface area (Å²) in [6, 6.07) is 0. The van der Waals surface area contributed by atoms with E-state index in [1.165, 1.54) is 5.56 Å². The number of hydrogen-bond acceptors (Lipinski definition) is 3. The van der Waals surface area contributed by atoms with E-state index in [9.17, 15) is 4.79 Å². The normalized spacial score (nSPS) is 23.5. The molecule has 1 aromatic rings. The van der Waals surface area contributed by atoms with Crippen molar-refractivity contribution in [3.05, 3.63) is 30.1 Å². The summed E-state index contributed by atoms with van der Waals surface area (Å²) in [5.74, 6) is 0.586. The zero-order valence-corrected chi connectivity index (χ0v) is 13.4. The molecule has 1 amide bonds. The van der Waals surface area contributed by atoms with Crippen molar-refractivity contribution in [3.63, 3.8) is 0 Å². The molecule has 1 saturated heterocycles. The molecule has 1 aliphatic heterocycles. The van der Waals surface area contributed by atoms with Gasteiger partial charge in [-0.3, -0.25) is 14.4 Å². The molecule has 1 aromatic heterocycles. The monoisotopic (exact) mass is 302 g/mol. The van der Waals surface area contributed by atoms with Gasteiger partial charge in [0.1, 0.15) is 0 Å². The molecule has 2 heterocycles. The molecule has 5 heteroatoms. The molecule has 5 nitrogen and oxygen atoms in total. The average Bonchev–Trinajstić information content (AvgIpc) is 2.81. The van der Waals surface area contributed by atoms with Crippen molar-refractivity contribution >= 4 is 5.91 Å². The Morgan fingerprint density at radius 1 is 1.27 bits per heavy atom. The number of aromatic nitrogens is 2. The Morgan fingerprint density at radius 2 is 2.18 bits per heavy atom. The first kappa shape index (κ1) is 15.3. The molecule has 0 aromatic carbocycles. The van der Waals surface area contributed by atoms with Gasteiger partial charge < -0.3 is 4.90 Å². The highest BCUT2D eigenvalue weighted by molar-refractivity contribution is 5.79. The van der Waals surface area contributed by atoms with Gasteiger partial charge in [0.15, 0.2) is 0 Å². The molecule has 0 saturated carbocycles. The van der Waals surface area contributed by atoms with Gasteiger partial charge in [-0.1, -0.05) is 12.2 Å². The van der Waals surface area contributed by atoms with Crippen LogP contribution < -0.4 is 0 Å². The standard InChI is InChI=1S/C17H26N4O/c1-19-13-15(12-18-19)14-20-8-5-9-21(11-10-20)17(22)16-6-3-2-4-7-16/h2-3,12-13,16H,4-11,14H2,1H3/t16-/m0/s1. The predicted octanol–water partition coefficient (Wildman–Crippen LogP) is 1.81. The summed E-state index contributed by atoms with van der Waals surface area (Å²) in [7, 11) is 1.95. The van der Waals surface area contributed by atoms with Gasteiger partial charge in [0.25, 0.3) is 0 Å². The quantitative estimate of drug-likeness (QED) is 0.800. The fourth-order valence-electron chi connectivity index (χ4n) is 3.44. The van der Waals surface area contributed by atoms with E-state index >= 15 is 0 Å². The highest BCUT2D eigenvalue weighted by atomic mass is 16.2. The second-order valence-corrected chi connectivity index (χ2v) is 6.46. The Labute approximate surface area is 132 Å². The fourth-order valence-corrected chi connectivity index (χ4v) is 3.44. The highest BCUT2D eigenvalue weighted by Crippen LogP contribution is 2.21. The van der Waals surface area contributed by atoms with Crippen molar-refractivity contribution in [1.82, 2.24) is 19.6 Å². The Kier molecular flexibility index (Phi) is 4.93. The lowest BCUT2D eigenvalue weighted by Crippen LogP contribution is -2.39. The molecule has 0 bridgehead atoms. The van der Waals surface area contributed by atoms with Gasteiger partial charge in [-0.25, -0.2) is 0 Å². The number of carbonyl (C=O) groups is 1. The number of carbonyl (C=O) groups excluding carboxylic acids is 1. The zero-order chi connectivity index (χ0) is 15.4. The predicted molar refractivity (Wildman–Crippen MR) is 86.2 cm³/mol. The van der Waals surface area contributed by atoms with Crippen molar-refractivity contribution in [2.75, 3.05) is 26.2 Å². The first-order chi connectivity index (χ1) is 10.7. The maximum atomic E-state index is 12.6.